The van der Waals surface area contributed by atoms with Gasteiger partial charge in [-0.15, -0.1) is 0 Å². The third kappa shape index (κ3) is 4.51. The van der Waals surface area contributed by atoms with Gasteiger partial charge in [-0.1, -0.05) is 34.1 Å². The van der Waals surface area contributed by atoms with Crippen molar-refractivity contribution in [3.63, 3.8) is 0 Å². The maximum atomic E-state index is 12.3. The molecule has 0 aromatic heterocycles. The van der Waals surface area contributed by atoms with Gasteiger partial charge in [0.25, 0.3) is 0 Å². The highest BCUT2D eigenvalue weighted by molar-refractivity contribution is 9.09. The number of carbonyl (C=O) groups excluding carboxylic acids is 1. The van der Waals surface area contributed by atoms with Crippen molar-refractivity contribution >= 4 is 21.8 Å². The van der Waals surface area contributed by atoms with Crippen LogP contribution in [0.1, 0.15) is 32.1 Å². The maximum Gasteiger partial charge on any atom is 0.226 e. The van der Waals surface area contributed by atoms with E-state index >= 15 is 0 Å². The number of ether oxygens (including phenoxy) is 1. The molecule has 20 heavy (non-hydrogen) atoms. The minimum Gasteiger partial charge on any atom is -0.493 e. The molecule has 0 aliphatic carbocycles. The SMILES string of the molecule is O=C(CCOc1ccccc1)N1CCCCC1CCBr. The van der Waals surface area contributed by atoms with Crippen LogP contribution in [0.3, 0.4) is 0 Å². The molecule has 3 nitrogen and oxygen atoms in total. The third-order valence-corrected chi connectivity index (χ3v) is 4.18. The summed E-state index contributed by atoms with van der Waals surface area (Å²) in [6.45, 7) is 1.36. The fraction of sp³-hybridized carbons (Fsp3) is 0.562. The molecule has 1 unspecified atom stereocenters. The number of rotatable bonds is 6. The molecule has 2 rings (SSSR count). The smallest absolute Gasteiger partial charge is 0.226 e. The van der Waals surface area contributed by atoms with Crippen LogP contribution < -0.4 is 4.74 Å². The first-order chi connectivity index (χ1) is 9.81. The van der Waals surface area contributed by atoms with Crippen molar-refractivity contribution in [2.45, 2.75) is 38.1 Å². The van der Waals surface area contributed by atoms with Crippen LogP contribution in [0.2, 0.25) is 0 Å². The van der Waals surface area contributed by atoms with E-state index in [0.29, 0.717) is 19.1 Å². The molecular weight excluding hydrogens is 318 g/mol. The van der Waals surface area contributed by atoms with Crippen molar-refractivity contribution in [2.75, 3.05) is 18.5 Å². The van der Waals surface area contributed by atoms with E-state index in [1.165, 1.54) is 6.42 Å². The molecule has 1 fully saturated rings. The molecule has 1 aliphatic rings. The number of alkyl halides is 1. The minimum atomic E-state index is 0.228. The van der Waals surface area contributed by atoms with E-state index in [1.54, 1.807) is 0 Å². The highest BCUT2D eigenvalue weighted by Crippen LogP contribution is 2.21. The fourth-order valence-corrected chi connectivity index (χ4v) is 3.20. The molecule has 110 valence electrons. The fourth-order valence-electron chi connectivity index (χ4n) is 2.67. The molecule has 0 N–H and O–H groups in total. The van der Waals surface area contributed by atoms with Gasteiger partial charge in [0, 0.05) is 17.9 Å². The lowest BCUT2D eigenvalue weighted by Crippen LogP contribution is -2.44. The first-order valence-electron chi connectivity index (χ1n) is 7.34. The number of piperidine rings is 1. The quantitative estimate of drug-likeness (QED) is 0.740. The number of para-hydroxylation sites is 1. The number of halogens is 1. The van der Waals surface area contributed by atoms with E-state index in [0.717, 1.165) is 36.9 Å². The van der Waals surface area contributed by atoms with E-state index in [-0.39, 0.29) is 5.91 Å². The first-order valence-corrected chi connectivity index (χ1v) is 8.46. The van der Waals surface area contributed by atoms with Crippen LogP contribution in [0.4, 0.5) is 0 Å². The number of amides is 1. The van der Waals surface area contributed by atoms with Gasteiger partial charge in [0.1, 0.15) is 5.75 Å². The lowest BCUT2D eigenvalue weighted by Gasteiger charge is -2.35. The average molecular weight is 340 g/mol. The van der Waals surface area contributed by atoms with Crippen LogP contribution >= 0.6 is 15.9 Å². The summed E-state index contributed by atoms with van der Waals surface area (Å²) in [5.74, 6) is 1.06. The molecule has 0 saturated carbocycles. The molecule has 0 bridgehead atoms. The molecule has 4 heteroatoms. The molecule has 1 heterocycles. The molecule has 0 radical (unpaired) electrons. The summed E-state index contributed by atoms with van der Waals surface area (Å²) in [6.07, 6.45) is 5.02. The van der Waals surface area contributed by atoms with Crippen molar-refractivity contribution in [3.05, 3.63) is 30.3 Å². The summed E-state index contributed by atoms with van der Waals surface area (Å²) in [5, 5.41) is 0.960. The summed E-state index contributed by atoms with van der Waals surface area (Å²) in [6, 6.07) is 10.1. The van der Waals surface area contributed by atoms with Crippen LogP contribution in [0.5, 0.6) is 5.75 Å². The molecule has 1 amide bonds. The average Bonchev–Trinajstić information content (AvgIpc) is 2.49. The number of benzene rings is 1. The van der Waals surface area contributed by atoms with E-state index in [4.69, 9.17) is 4.74 Å². The Hall–Kier alpha value is -1.03. The summed E-state index contributed by atoms with van der Waals surface area (Å²) < 4.78 is 5.61. The van der Waals surface area contributed by atoms with E-state index in [1.807, 2.05) is 30.3 Å². The maximum absolute atomic E-state index is 12.3. The highest BCUT2D eigenvalue weighted by Gasteiger charge is 2.25. The van der Waals surface area contributed by atoms with Gasteiger partial charge in [0.15, 0.2) is 0 Å². The zero-order valence-electron chi connectivity index (χ0n) is 11.8. The van der Waals surface area contributed by atoms with Crippen molar-refractivity contribution in [3.8, 4) is 5.75 Å². The Morgan fingerprint density at radius 3 is 2.85 bits per heavy atom. The Morgan fingerprint density at radius 1 is 1.30 bits per heavy atom. The summed E-state index contributed by atoms with van der Waals surface area (Å²) in [4.78, 5) is 14.4. The number of carbonyl (C=O) groups is 1. The first kappa shape index (κ1) is 15.4. The minimum absolute atomic E-state index is 0.228. The van der Waals surface area contributed by atoms with Crippen molar-refractivity contribution in [1.29, 1.82) is 0 Å². The lowest BCUT2D eigenvalue weighted by atomic mass is 9.99. The van der Waals surface area contributed by atoms with Gasteiger partial charge in [0.2, 0.25) is 5.91 Å². The topological polar surface area (TPSA) is 29.5 Å². The van der Waals surface area contributed by atoms with Gasteiger partial charge in [-0.05, 0) is 37.8 Å². The van der Waals surface area contributed by atoms with Gasteiger partial charge < -0.3 is 9.64 Å². The number of likely N-dealkylation sites (tertiary alicyclic amines) is 1. The lowest BCUT2D eigenvalue weighted by molar-refractivity contribution is -0.135. The van der Waals surface area contributed by atoms with Crippen molar-refractivity contribution in [1.82, 2.24) is 4.90 Å². The second-order valence-electron chi connectivity index (χ2n) is 5.13. The largest absolute Gasteiger partial charge is 0.493 e. The van der Waals surface area contributed by atoms with Gasteiger partial charge >= 0.3 is 0 Å². The summed E-state index contributed by atoms with van der Waals surface area (Å²) in [7, 11) is 0. The highest BCUT2D eigenvalue weighted by atomic mass is 79.9. The van der Waals surface area contributed by atoms with Crippen LogP contribution in [0.15, 0.2) is 30.3 Å². The van der Waals surface area contributed by atoms with Crippen LogP contribution in [-0.2, 0) is 4.79 Å². The zero-order valence-corrected chi connectivity index (χ0v) is 13.3. The van der Waals surface area contributed by atoms with Gasteiger partial charge in [-0.25, -0.2) is 0 Å². The van der Waals surface area contributed by atoms with Crippen LogP contribution in [-0.4, -0.2) is 35.3 Å². The number of hydrogen-bond donors (Lipinski definition) is 0. The standard InChI is InChI=1S/C16H22BrNO2/c17-11-9-14-6-4-5-12-18(14)16(19)10-13-20-15-7-2-1-3-8-15/h1-3,7-8,14H,4-6,9-13H2. The number of hydrogen-bond acceptors (Lipinski definition) is 2. The van der Waals surface area contributed by atoms with Gasteiger partial charge in [-0.3, -0.25) is 4.79 Å². The van der Waals surface area contributed by atoms with E-state index < -0.39 is 0 Å². The normalized spacial score (nSPS) is 18.9. The Bertz CT molecular complexity index is 408. The van der Waals surface area contributed by atoms with Gasteiger partial charge in [-0.2, -0.15) is 0 Å². The molecule has 0 spiro atoms. The Morgan fingerprint density at radius 2 is 2.10 bits per heavy atom. The van der Waals surface area contributed by atoms with Crippen molar-refractivity contribution < 1.29 is 9.53 Å². The molecular formula is C16H22BrNO2. The van der Waals surface area contributed by atoms with E-state index in [9.17, 15) is 4.79 Å². The molecule has 1 aliphatic heterocycles. The Balaban J connectivity index is 1.78. The van der Waals surface area contributed by atoms with Crippen LogP contribution in [0.25, 0.3) is 0 Å². The van der Waals surface area contributed by atoms with Gasteiger partial charge in [0.05, 0.1) is 13.0 Å². The number of nitrogens with zero attached hydrogens (tertiary/aromatic N) is 1. The van der Waals surface area contributed by atoms with Crippen molar-refractivity contribution in [2.24, 2.45) is 0 Å². The zero-order chi connectivity index (χ0) is 14.2. The van der Waals surface area contributed by atoms with Crippen LogP contribution in [0, 0.1) is 0 Å². The Labute approximate surface area is 129 Å². The molecule has 1 saturated heterocycles. The second-order valence-corrected chi connectivity index (χ2v) is 5.92. The van der Waals surface area contributed by atoms with E-state index in [2.05, 4.69) is 20.8 Å². The molecule has 1 aromatic rings. The predicted octanol–water partition coefficient (Wildman–Crippen LogP) is 3.62. The summed E-state index contributed by atoms with van der Waals surface area (Å²) >= 11 is 3.48. The molecule has 1 atom stereocenters. The Kier molecular flexibility index (Phi) is 6.37. The molecule has 1 aromatic carbocycles. The summed E-state index contributed by atoms with van der Waals surface area (Å²) in [5.41, 5.74) is 0. The third-order valence-electron chi connectivity index (χ3n) is 3.72. The second kappa shape index (κ2) is 8.30. The monoisotopic (exact) mass is 339 g/mol. The predicted molar refractivity (Wildman–Crippen MR) is 84.3 cm³/mol.